The van der Waals surface area contributed by atoms with Crippen LogP contribution in [0.15, 0.2) is 78.3 Å². The number of anilines is 1. The largest absolute Gasteiger partial charge is 0.344 e. The Labute approximate surface area is 162 Å². The molecular formula is C23H30N4. The predicted molar refractivity (Wildman–Crippen MR) is 114 cm³/mol. The van der Waals surface area contributed by atoms with Gasteiger partial charge in [-0.05, 0) is 50.6 Å². The molecule has 1 aliphatic heterocycles. The van der Waals surface area contributed by atoms with Gasteiger partial charge in [-0.25, -0.2) is 0 Å². The van der Waals surface area contributed by atoms with Crippen molar-refractivity contribution in [2.45, 2.75) is 32.4 Å². The standard InChI is InChI=1S/C23H30N4/c1-15-9-8-10-18(13-15)14-20-21(16(2)25-4)23(26-17(3)22(20)24)27-19-11-6-5-7-12-19/h5-13,16,20,22,25-27H,3,14,24H2,1-2,4H3. The monoisotopic (exact) mass is 362 g/mol. The average Bonchev–Trinajstić information content (AvgIpc) is 2.66. The van der Waals surface area contributed by atoms with Gasteiger partial charge >= 0.3 is 0 Å². The molecule has 0 fully saturated rings. The molecule has 5 N–H and O–H groups in total. The molecule has 0 amide bonds. The lowest BCUT2D eigenvalue weighted by Gasteiger charge is -2.39. The van der Waals surface area contributed by atoms with Crippen LogP contribution in [0.1, 0.15) is 18.1 Å². The van der Waals surface area contributed by atoms with E-state index in [0.29, 0.717) is 0 Å². The van der Waals surface area contributed by atoms with E-state index in [2.05, 4.69) is 72.8 Å². The molecule has 0 spiro atoms. The summed E-state index contributed by atoms with van der Waals surface area (Å²) < 4.78 is 0. The molecule has 2 aromatic rings. The highest BCUT2D eigenvalue weighted by Crippen LogP contribution is 2.32. The number of aryl methyl sites for hydroxylation is 1. The van der Waals surface area contributed by atoms with E-state index in [0.717, 1.165) is 23.6 Å². The summed E-state index contributed by atoms with van der Waals surface area (Å²) in [5.41, 5.74) is 12.3. The lowest BCUT2D eigenvalue weighted by atomic mass is 9.79. The summed E-state index contributed by atoms with van der Waals surface area (Å²) in [5, 5.41) is 10.3. The summed E-state index contributed by atoms with van der Waals surface area (Å²) in [4.78, 5) is 0. The van der Waals surface area contributed by atoms with Crippen LogP contribution in [0.3, 0.4) is 0 Å². The number of hydrogen-bond donors (Lipinski definition) is 4. The van der Waals surface area contributed by atoms with Gasteiger partial charge in [0.15, 0.2) is 0 Å². The lowest BCUT2D eigenvalue weighted by Crippen LogP contribution is -2.49. The van der Waals surface area contributed by atoms with E-state index < -0.39 is 0 Å². The van der Waals surface area contributed by atoms with Crippen molar-refractivity contribution in [2.24, 2.45) is 11.7 Å². The minimum Gasteiger partial charge on any atom is -0.344 e. The average molecular weight is 363 g/mol. The third-order valence-electron chi connectivity index (χ3n) is 5.29. The zero-order valence-corrected chi connectivity index (χ0v) is 16.4. The van der Waals surface area contributed by atoms with Crippen molar-refractivity contribution in [1.82, 2.24) is 10.6 Å². The fraction of sp³-hybridized carbons (Fsp3) is 0.304. The number of likely N-dealkylation sites (N-methyl/N-ethyl adjacent to an activating group) is 1. The third kappa shape index (κ3) is 4.41. The Morgan fingerprint density at radius 3 is 2.56 bits per heavy atom. The molecule has 0 aromatic heterocycles. The summed E-state index contributed by atoms with van der Waals surface area (Å²) in [6.07, 6.45) is 0.880. The molecule has 3 rings (SSSR count). The van der Waals surface area contributed by atoms with Gasteiger partial charge < -0.3 is 21.7 Å². The van der Waals surface area contributed by atoms with Crippen LogP contribution in [0.4, 0.5) is 5.69 Å². The first-order valence-electron chi connectivity index (χ1n) is 9.50. The number of rotatable bonds is 6. The minimum atomic E-state index is -0.141. The van der Waals surface area contributed by atoms with Crippen molar-refractivity contribution >= 4 is 5.69 Å². The fourth-order valence-electron chi connectivity index (χ4n) is 3.73. The summed E-state index contributed by atoms with van der Waals surface area (Å²) >= 11 is 0. The minimum absolute atomic E-state index is 0.141. The van der Waals surface area contributed by atoms with Gasteiger partial charge in [-0.15, -0.1) is 0 Å². The molecule has 3 unspecified atom stereocenters. The normalized spacial score (nSPS) is 21.0. The smallest absolute Gasteiger partial charge is 0.108 e. The van der Waals surface area contributed by atoms with Gasteiger partial charge in [-0.2, -0.15) is 0 Å². The molecule has 0 saturated heterocycles. The lowest BCUT2D eigenvalue weighted by molar-refractivity contribution is 0.437. The second-order valence-corrected chi connectivity index (χ2v) is 7.31. The van der Waals surface area contributed by atoms with E-state index in [-0.39, 0.29) is 18.0 Å². The molecule has 3 atom stereocenters. The molecule has 2 aromatic carbocycles. The molecule has 0 radical (unpaired) electrons. The van der Waals surface area contributed by atoms with Gasteiger partial charge in [0.05, 0.1) is 6.04 Å². The second kappa shape index (κ2) is 8.42. The van der Waals surface area contributed by atoms with E-state index in [1.165, 1.54) is 16.7 Å². The molecule has 1 aliphatic rings. The van der Waals surface area contributed by atoms with Crippen LogP contribution in [-0.2, 0) is 6.42 Å². The van der Waals surface area contributed by atoms with Gasteiger partial charge in [0.25, 0.3) is 0 Å². The SMILES string of the molecule is C=C1NC(Nc2ccccc2)=C(C(C)NC)C(Cc2cccc(C)c2)C1N. The first-order valence-corrected chi connectivity index (χ1v) is 9.50. The van der Waals surface area contributed by atoms with Crippen LogP contribution in [0.25, 0.3) is 0 Å². The molecule has 0 bridgehead atoms. The van der Waals surface area contributed by atoms with Crippen molar-refractivity contribution in [3.8, 4) is 0 Å². The summed E-state index contributed by atoms with van der Waals surface area (Å²) in [6.45, 7) is 8.48. The summed E-state index contributed by atoms with van der Waals surface area (Å²) in [5.74, 6) is 1.14. The van der Waals surface area contributed by atoms with Crippen LogP contribution >= 0.6 is 0 Å². The van der Waals surface area contributed by atoms with Crippen LogP contribution < -0.4 is 21.7 Å². The summed E-state index contributed by atoms with van der Waals surface area (Å²) in [7, 11) is 1.98. The van der Waals surface area contributed by atoms with E-state index in [4.69, 9.17) is 5.73 Å². The molecule has 1 heterocycles. The molecule has 4 nitrogen and oxygen atoms in total. The molecule has 27 heavy (non-hydrogen) atoms. The second-order valence-electron chi connectivity index (χ2n) is 7.31. The zero-order chi connectivity index (χ0) is 19.4. The highest BCUT2D eigenvalue weighted by atomic mass is 15.1. The van der Waals surface area contributed by atoms with E-state index in [1.54, 1.807) is 0 Å². The highest BCUT2D eigenvalue weighted by molar-refractivity contribution is 5.51. The maximum atomic E-state index is 6.60. The predicted octanol–water partition coefficient (Wildman–Crippen LogP) is 3.53. The third-order valence-corrected chi connectivity index (χ3v) is 5.29. The van der Waals surface area contributed by atoms with Crippen molar-refractivity contribution in [3.63, 3.8) is 0 Å². The van der Waals surface area contributed by atoms with Crippen molar-refractivity contribution in [2.75, 3.05) is 12.4 Å². The Morgan fingerprint density at radius 2 is 1.89 bits per heavy atom. The van der Waals surface area contributed by atoms with Crippen molar-refractivity contribution in [3.05, 3.63) is 89.4 Å². The van der Waals surface area contributed by atoms with Gasteiger partial charge in [-0.3, -0.25) is 0 Å². The first kappa shape index (κ1) is 19.2. The van der Waals surface area contributed by atoms with Crippen LogP contribution in [0.5, 0.6) is 0 Å². The number of benzene rings is 2. The number of nitrogens with two attached hydrogens (primary N) is 1. The number of para-hydroxylation sites is 1. The molecule has 4 heteroatoms. The van der Waals surface area contributed by atoms with Crippen molar-refractivity contribution in [1.29, 1.82) is 0 Å². The van der Waals surface area contributed by atoms with E-state index in [9.17, 15) is 0 Å². The Morgan fingerprint density at radius 1 is 1.15 bits per heavy atom. The van der Waals surface area contributed by atoms with Gasteiger partial charge in [0, 0.05) is 23.3 Å². The topological polar surface area (TPSA) is 62.1 Å². The molecule has 0 saturated carbocycles. The Bertz CT molecular complexity index is 825. The maximum Gasteiger partial charge on any atom is 0.108 e. The number of nitrogens with one attached hydrogen (secondary N) is 3. The first-order chi connectivity index (χ1) is 13.0. The van der Waals surface area contributed by atoms with Crippen LogP contribution in [0.2, 0.25) is 0 Å². The zero-order valence-electron chi connectivity index (χ0n) is 16.4. The Kier molecular flexibility index (Phi) is 5.99. The molecule has 0 aliphatic carbocycles. The van der Waals surface area contributed by atoms with Gasteiger partial charge in [0.2, 0.25) is 0 Å². The van der Waals surface area contributed by atoms with Crippen molar-refractivity contribution < 1.29 is 0 Å². The Balaban J connectivity index is 2.01. The van der Waals surface area contributed by atoms with E-state index >= 15 is 0 Å². The number of hydrogen-bond acceptors (Lipinski definition) is 4. The molecule has 142 valence electrons. The quantitative estimate of drug-likeness (QED) is 0.635. The van der Waals surface area contributed by atoms with Crippen LogP contribution in [-0.4, -0.2) is 19.1 Å². The Hall–Kier alpha value is -2.56. The maximum absolute atomic E-state index is 6.60. The molecular weight excluding hydrogens is 332 g/mol. The van der Waals surface area contributed by atoms with Crippen LogP contribution in [0, 0.1) is 12.8 Å². The highest BCUT2D eigenvalue weighted by Gasteiger charge is 2.34. The van der Waals surface area contributed by atoms with E-state index in [1.807, 2.05) is 25.2 Å². The fourth-order valence-corrected chi connectivity index (χ4v) is 3.73. The van der Waals surface area contributed by atoms with Gasteiger partial charge in [-0.1, -0.05) is 54.6 Å². The summed E-state index contributed by atoms with van der Waals surface area (Å²) in [6, 6.07) is 18.9. The van der Waals surface area contributed by atoms with Gasteiger partial charge in [0.1, 0.15) is 5.82 Å².